The van der Waals surface area contributed by atoms with Crippen LogP contribution in [-0.2, 0) is 16.1 Å². The first kappa shape index (κ1) is 11.6. The van der Waals surface area contributed by atoms with Crippen LogP contribution in [0.2, 0.25) is 0 Å². The van der Waals surface area contributed by atoms with Crippen molar-refractivity contribution < 1.29 is 9.47 Å². The monoisotopic (exact) mass is 334 g/mol. The van der Waals surface area contributed by atoms with Gasteiger partial charge >= 0.3 is 0 Å². The van der Waals surface area contributed by atoms with Crippen LogP contribution < -0.4 is 0 Å². The van der Waals surface area contributed by atoms with Gasteiger partial charge in [-0.25, -0.2) is 0 Å². The number of aryl methyl sites for hydroxylation is 1. The Morgan fingerprint density at radius 1 is 1.40 bits per heavy atom. The summed E-state index contributed by atoms with van der Waals surface area (Å²) in [4.78, 5) is 0. The average molecular weight is 336 g/mol. The van der Waals surface area contributed by atoms with Gasteiger partial charge in [0.05, 0.1) is 19.8 Å². The van der Waals surface area contributed by atoms with E-state index in [9.17, 15) is 0 Å². The van der Waals surface area contributed by atoms with E-state index in [0.717, 1.165) is 21.1 Å². The molecule has 1 saturated heterocycles. The second-order valence-corrected chi connectivity index (χ2v) is 5.39. The lowest BCUT2D eigenvalue weighted by Gasteiger charge is -2.09. The predicted octanol–water partition coefficient (Wildman–Crippen LogP) is 3.44. The Balaban J connectivity index is 1.99. The molecule has 0 spiro atoms. The first-order valence-electron chi connectivity index (χ1n) is 4.80. The number of halogens is 2. The molecule has 1 aliphatic rings. The highest BCUT2D eigenvalue weighted by molar-refractivity contribution is 9.11. The van der Waals surface area contributed by atoms with Crippen molar-refractivity contribution in [3.63, 3.8) is 0 Å². The van der Waals surface area contributed by atoms with Crippen LogP contribution in [0.5, 0.6) is 0 Å². The summed E-state index contributed by atoms with van der Waals surface area (Å²) in [6.45, 7) is 4.21. The van der Waals surface area contributed by atoms with Gasteiger partial charge < -0.3 is 9.47 Å². The van der Waals surface area contributed by atoms with Crippen molar-refractivity contribution in [2.45, 2.75) is 19.6 Å². The highest BCUT2D eigenvalue weighted by Crippen LogP contribution is 2.28. The highest BCUT2D eigenvalue weighted by Gasteiger charge is 2.22. The second-order valence-electron chi connectivity index (χ2n) is 3.68. The Labute approximate surface area is 106 Å². The molecule has 1 aromatic carbocycles. The van der Waals surface area contributed by atoms with Gasteiger partial charge in [-0.3, -0.25) is 0 Å². The Kier molecular flexibility index (Phi) is 3.83. The summed E-state index contributed by atoms with van der Waals surface area (Å²) in [7, 11) is 0. The molecule has 0 aromatic heterocycles. The summed E-state index contributed by atoms with van der Waals surface area (Å²) in [5.74, 6) is 0. The molecule has 1 unspecified atom stereocenters. The van der Waals surface area contributed by atoms with Gasteiger partial charge in [0.2, 0.25) is 0 Å². The van der Waals surface area contributed by atoms with Gasteiger partial charge in [-0.15, -0.1) is 0 Å². The van der Waals surface area contributed by atoms with E-state index in [-0.39, 0.29) is 0 Å². The standard InChI is InChI=1S/C11H12Br2O2/c1-7-2-10(12)9(11(13)3-7)6-14-4-8-5-15-8/h2-3,8H,4-6H2,1H3. The first-order chi connectivity index (χ1) is 7.16. The van der Waals surface area contributed by atoms with Gasteiger partial charge in [0.15, 0.2) is 0 Å². The normalized spacial score (nSPS) is 19.3. The smallest absolute Gasteiger partial charge is 0.104 e. The number of hydrogen-bond donors (Lipinski definition) is 0. The van der Waals surface area contributed by atoms with E-state index in [1.807, 2.05) is 0 Å². The third-order valence-corrected chi connectivity index (χ3v) is 3.65. The molecule has 0 amide bonds. The minimum atomic E-state index is 0.327. The Bertz CT molecular complexity index is 339. The van der Waals surface area contributed by atoms with Gasteiger partial charge in [-0.05, 0) is 24.6 Å². The Morgan fingerprint density at radius 2 is 2.00 bits per heavy atom. The molecular formula is C11H12Br2O2. The highest BCUT2D eigenvalue weighted by atomic mass is 79.9. The van der Waals surface area contributed by atoms with Gasteiger partial charge in [-0.1, -0.05) is 31.9 Å². The molecule has 2 rings (SSSR count). The molecule has 0 aliphatic carbocycles. The number of ether oxygens (including phenoxy) is 2. The molecule has 1 atom stereocenters. The summed E-state index contributed by atoms with van der Waals surface area (Å²) in [5.41, 5.74) is 2.38. The van der Waals surface area contributed by atoms with Crippen molar-refractivity contribution in [1.29, 1.82) is 0 Å². The maximum absolute atomic E-state index is 5.56. The first-order valence-corrected chi connectivity index (χ1v) is 6.39. The fraction of sp³-hybridized carbons (Fsp3) is 0.455. The summed E-state index contributed by atoms with van der Waals surface area (Å²) < 4.78 is 12.8. The molecular weight excluding hydrogens is 324 g/mol. The van der Waals surface area contributed by atoms with Crippen molar-refractivity contribution in [3.05, 3.63) is 32.2 Å². The van der Waals surface area contributed by atoms with Crippen molar-refractivity contribution in [1.82, 2.24) is 0 Å². The van der Waals surface area contributed by atoms with E-state index in [1.54, 1.807) is 0 Å². The maximum atomic E-state index is 5.56. The van der Waals surface area contributed by atoms with E-state index >= 15 is 0 Å². The van der Waals surface area contributed by atoms with Gasteiger partial charge in [0.25, 0.3) is 0 Å². The molecule has 0 radical (unpaired) electrons. The third-order valence-electron chi connectivity index (χ3n) is 2.24. The topological polar surface area (TPSA) is 21.8 Å². The van der Waals surface area contributed by atoms with Crippen LogP contribution in [0.4, 0.5) is 0 Å². The summed E-state index contributed by atoms with van der Waals surface area (Å²) in [6, 6.07) is 4.19. The lowest BCUT2D eigenvalue weighted by Crippen LogP contribution is -2.02. The van der Waals surface area contributed by atoms with E-state index in [0.29, 0.717) is 19.3 Å². The lowest BCUT2D eigenvalue weighted by atomic mass is 10.2. The van der Waals surface area contributed by atoms with Gasteiger partial charge in [0, 0.05) is 14.5 Å². The number of rotatable bonds is 4. The zero-order valence-corrected chi connectivity index (χ0v) is 11.6. The van der Waals surface area contributed by atoms with Gasteiger partial charge in [0.1, 0.15) is 6.10 Å². The van der Waals surface area contributed by atoms with Crippen LogP contribution in [-0.4, -0.2) is 19.3 Å². The molecule has 0 saturated carbocycles. The van der Waals surface area contributed by atoms with Crippen molar-refractivity contribution in [3.8, 4) is 0 Å². The molecule has 82 valence electrons. The largest absolute Gasteiger partial charge is 0.374 e. The Morgan fingerprint density at radius 3 is 2.53 bits per heavy atom. The molecule has 2 nitrogen and oxygen atoms in total. The predicted molar refractivity (Wildman–Crippen MR) is 66.0 cm³/mol. The fourth-order valence-corrected chi connectivity index (χ4v) is 2.97. The van der Waals surface area contributed by atoms with Gasteiger partial charge in [-0.2, -0.15) is 0 Å². The average Bonchev–Trinajstić information content (AvgIpc) is 2.93. The van der Waals surface area contributed by atoms with E-state index < -0.39 is 0 Å². The molecule has 15 heavy (non-hydrogen) atoms. The quantitative estimate of drug-likeness (QED) is 0.786. The van der Waals surface area contributed by atoms with Crippen LogP contribution in [0, 0.1) is 6.92 Å². The minimum Gasteiger partial charge on any atom is -0.374 e. The van der Waals surface area contributed by atoms with Crippen LogP contribution in [0.25, 0.3) is 0 Å². The molecule has 0 N–H and O–H groups in total. The molecule has 1 aliphatic heterocycles. The summed E-state index contributed by atoms with van der Waals surface area (Å²) >= 11 is 7.08. The van der Waals surface area contributed by atoms with Crippen LogP contribution in [0.15, 0.2) is 21.1 Å². The van der Waals surface area contributed by atoms with E-state index in [4.69, 9.17) is 9.47 Å². The van der Waals surface area contributed by atoms with Crippen molar-refractivity contribution >= 4 is 31.9 Å². The molecule has 1 heterocycles. The summed E-state index contributed by atoms with van der Waals surface area (Å²) in [5, 5.41) is 0. The number of epoxide rings is 1. The van der Waals surface area contributed by atoms with E-state index in [1.165, 1.54) is 5.56 Å². The molecule has 1 aromatic rings. The SMILES string of the molecule is Cc1cc(Br)c(COCC2CO2)c(Br)c1. The van der Waals surface area contributed by atoms with Crippen molar-refractivity contribution in [2.75, 3.05) is 13.2 Å². The summed E-state index contributed by atoms with van der Waals surface area (Å²) in [6.07, 6.45) is 0.327. The Hall–Kier alpha value is 0.1000. The third kappa shape index (κ3) is 3.28. The van der Waals surface area contributed by atoms with Crippen molar-refractivity contribution in [2.24, 2.45) is 0 Å². The number of benzene rings is 1. The molecule has 4 heteroatoms. The second kappa shape index (κ2) is 4.95. The zero-order chi connectivity index (χ0) is 10.8. The fourth-order valence-electron chi connectivity index (χ4n) is 1.32. The number of hydrogen-bond acceptors (Lipinski definition) is 2. The lowest BCUT2D eigenvalue weighted by molar-refractivity contribution is 0.103. The minimum absolute atomic E-state index is 0.327. The zero-order valence-electron chi connectivity index (χ0n) is 8.43. The van der Waals surface area contributed by atoms with Crippen LogP contribution >= 0.6 is 31.9 Å². The maximum Gasteiger partial charge on any atom is 0.104 e. The molecule has 0 bridgehead atoms. The molecule has 1 fully saturated rings. The van der Waals surface area contributed by atoms with Crippen LogP contribution in [0.1, 0.15) is 11.1 Å². The van der Waals surface area contributed by atoms with Crippen LogP contribution in [0.3, 0.4) is 0 Å². The van der Waals surface area contributed by atoms with E-state index in [2.05, 4.69) is 50.9 Å².